The first-order valence-corrected chi connectivity index (χ1v) is 6.54. The Morgan fingerprint density at radius 2 is 2.00 bits per heavy atom. The molecule has 0 radical (unpaired) electrons. The van der Waals surface area contributed by atoms with Gasteiger partial charge in [-0.15, -0.1) is 0 Å². The molecule has 0 spiro atoms. The van der Waals surface area contributed by atoms with Gasteiger partial charge in [-0.25, -0.2) is 0 Å². The molecule has 0 N–H and O–H groups in total. The molecule has 0 unspecified atom stereocenters. The van der Waals surface area contributed by atoms with Crippen LogP contribution in [0.3, 0.4) is 0 Å². The summed E-state index contributed by atoms with van der Waals surface area (Å²) in [6.07, 6.45) is 0. The van der Waals surface area contributed by atoms with Gasteiger partial charge in [0.25, 0.3) is 0 Å². The van der Waals surface area contributed by atoms with Gasteiger partial charge in [-0.1, -0.05) is 48.8 Å². The number of benzene rings is 1. The summed E-state index contributed by atoms with van der Waals surface area (Å²) in [6.45, 7) is 7.90. The second-order valence-electron chi connectivity index (χ2n) is 5.67. The van der Waals surface area contributed by atoms with Crippen LogP contribution in [-0.2, 0) is 0 Å². The Balaban J connectivity index is 2.61. The van der Waals surface area contributed by atoms with Crippen LogP contribution in [0, 0.1) is 5.41 Å². The van der Waals surface area contributed by atoms with Crippen molar-refractivity contribution < 1.29 is 4.79 Å². The molecule has 2 nitrogen and oxygen atoms in total. The van der Waals surface area contributed by atoms with Crippen LogP contribution in [0.2, 0.25) is 0 Å². The lowest BCUT2D eigenvalue weighted by molar-refractivity contribution is 0.0927. The summed E-state index contributed by atoms with van der Waals surface area (Å²) in [5.41, 5.74) is 0.979. The van der Waals surface area contributed by atoms with Gasteiger partial charge in [0.2, 0.25) is 0 Å². The molecule has 0 saturated carbocycles. The van der Waals surface area contributed by atoms with Gasteiger partial charge in [-0.2, -0.15) is 0 Å². The van der Waals surface area contributed by atoms with Crippen LogP contribution in [0.15, 0.2) is 28.7 Å². The predicted molar refractivity (Wildman–Crippen MR) is 75.4 cm³/mol. The summed E-state index contributed by atoms with van der Waals surface area (Å²) in [4.78, 5) is 14.1. The van der Waals surface area contributed by atoms with Crippen molar-refractivity contribution in [3.8, 4) is 0 Å². The summed E-state index contributed by atoms with van der Waals surface area (Å²) in [5.74, 6) is 0.165. The molecule has 0 atom stereocenters. The van der Waals surface area contributed by atoms with Crippen molar-refractivity contribution in [3.63, 3.8) is 0 Å². The Hall–Kier alpha value is -0.670. The Kier molecular flexibility index (Phi) is 4.90. The Morgan fingerprint density at radius 1 is 1.35 bits per heavy atom. The number of hydrogen-bond acceptors (Lipinski definition) is 2. The average molecular weight is 298 g/mol. The molecule has 1 rings (SSSR count). The van der Waals surface area contributed by atoms with E-state index in [1.165, 1.54) is 0 Å². The topological polar surface area (TPSA) is 20.3 Å². The van der Waals surface area contributed by atoms with Crippen molar-refractivity contribution in [2.75, 3.05) is 20.1 Å². The van der Waals surface area contributed by atoms with Crippen LogP contribution in [0.1, 0.15) is 31.1 Å². The van der Waals surface area contributed by atoms with E-state index in [1.54, 1.807) is 0 Å². The van der Waals surface area contributed by atoms with Gasteiger partial charge in [-0.3, -0.25) is 9.69 Å². The molecule has 1 aromatic rings. The highest BCUT2D eigenvalue weighted by Crippen LogP contribution is 2.15. The minimum absolute atomic E-state index is 0.165. The van der Waals surface area contributed by atoms with Gasteiger partial charge in [0.15, 0.2) is 5.78 Å². The summed E-state index contributed by atoms with van der Waals surface area (Å²) in [5, 5.41) is 0. The molecule has 0 fully saturated rings. The van der Waals surface area contributed by atoms with E-state index < -0.39 is 0 Å². The van der Waals surface area contributed by atoms with Gasteiger partial charge < -0.3 is 0 Å². The third kappa shape index (κ3) is 5.46. The fourth-order valence-electron chi connectivity index (χ4n) is 1.86. The molecule has 17 heavy (non-hydrogen) atoms. The van der Waals surface area contributed by atoms with Crippen LogP contribution < -0.4 is 0 Å². The molecular formula is C14H20BrNO. The first-order chi connectivity index (χ1) is 7.78. The highest BCUT2D eigenvalue weighted by molar-refractivity contribution is 9.10. The third-order valence-corrected chi connectivity index (χ3v) is 2.80. The number of ketones is 1. The lowest BCUT2D eigenvalue weighted by Crippen LogP contribution is -2.33. The van der Waals surface area contributed by atoms with E-state index >= 15 is 0 Å². The molecule has 0 aromatic heterocycles. The number of hydrogen-bond donors (Lipinski definition) is 0. The molecule has 0 aliphatic rings. The lowest BCUT2D eigenvalue weighted by atomic mass is 9.96. The van der Waals surface area contributed by atoms with Crippen molar-refractivity contribution in [1.82, 2.24) is 4.90 Å². The largest absolute Gasteiger partial charge is 0.298 e. The maximum atomic E-state index is 12.0. The number of carbonyl (C=O) groups excluding carboxylic acids is 1. The van der Waals surface area contributed by atoms with Gasteiger partial charge >= 0.3 is 0 Å². The quantitative estimate of drug-likeness (QED) is 0.791. The van der Waals surface area contributed by atoms with E-state index in [9.17, 15) is 4.79 Å². The highest BCUT2D eigenvalue weighted by atomic mass is 79.9. The Morgan fingerprint density at radius 3 is 2.53 bits per heavy atom. The number of nitrogens with zero attached hydrogens (tertiary/aromatic N) is 1. The van der Waals surface area contributed by atoms with Crippen molar-refractivity contribution in [3.05, 3.63) is 34.3 Å². The molecular weight excluding hydrogens is 278 g/mol. The number of likely N-dealkylation sites (N-methyl/N-ethyl adjacent to an activating group) is 1. The molecule has 0 heterocycles. The van der Waals surface area contributed by atoms with Crippen molar-refractivity contribution in [2.45, 2.75) is 20.8 Å². The maximum absolute atomic E-state index is 12.0. The molecule has 1 aromatic carbocycles. The molecule has 0 aliphatic carbocycles. The monoisotopic (exact) mass is 297 g/mol. The summed E-state index contributed by atoms with van der Waals surface area (Å²) in [6, 6.07) is 7.54. The zero-order valence-corrected chi connectivity index (χ0v) is 12.5. The molecule has 94 valence electrons. The number of halogens is 1. The first-order valence-electron chi connectivity index (χ1n) is 5.75. The third-order valence-electron chi connectivity index (χ3n) is 2.30. The Bertz CT molecular complexity index is 395. The summed E-state index contributed by atoms with van der Waals surface area (Å²) < 4.78 is 0.946. The minimum Gasteiger partial charge on any atom is -0.298 e. The van der Waals surface area contributed by atoms with Gasteiger partial charge in [-0.05, 0) is 24.6 Å². The molecule has 0 saturated heterocycles. The van der Waals surface area contributed by atoms with E-state index in [-0.39, 0.29) is 11.2 Å². The smallest absolute Gasteiger partial charge is 0.176 e. The average Bonchev–Trinajstić information content (AvgIpc) is 2.14. The van der Waals surface area contributed by atoms with Gasteiger partial charge in [0.05, 0.1) is 6.54 Å². The van der Waals surface area contributed by atoms with Crippen molar-refractivity contribution in [1.29, 1.82) is 0 Å². The van der Waals surface area contributed by atoms with Crippen LogP contribution in [-0.4, -0.2) is 30.8 Å². The molecule has 3 heteroatoms. The molecule has 0 aliphatic heterocycles. The number of rotatable bonds is 4. The Labute approximate surface area is 112 Å². The van der Waals surface area contributed by atoms with E-state index in [0.717, 1.165) is 16.6 Å². The van der Waals surface area contributed by atoms with E-state index in [0.29, 0.717) is 6.54 Å². The zero-order valence-electron chi connectivity index (χ0n) is 11.0. The fourth-order valence-corrected chi connectivity index (χ4v) is 2.26. The second kappa shape index (κ2) is 5.78. The van der Waals surface area contributed by atoms with Gasteiger partial charge in [0.1, 0.15) is 0 Å². The van der Waals surface area contributed by atoms with E-state index in [1.807, 2.05) is 31.3 Å². The highest BCUT2D eigenvalue weighted by Gasteiger charge is 2.16. The van der Waals surface area contributed by atoms with Crippen LogP contribution in [0.4, 0.5) is 0 Å². The van der Waals surface area contributed by atoms with Crippen molar-refractivity contribution in [2.24, 2.45) is 5.41 Å². The number of Topliss-reactive ketones (excluding diaryl/α,β-unsaturated/α-hetero) is 1. The predicted octanol–water partition coefficient (Wildman–Crippen LogP) is 3.61. The van der Waals surface area contributed by atoms with Crippen molar-refractivity contribution >= 4 is 21.7 Å². The van der Waals surface area contributed by atoms with Crippen LogP contribution in [0.5, 0.6) is 0 Å². The SMILES string of the molecule is CN(CC(=O)c1cccc(Br)c1)CC(C)(C)C. The molecule has 0 bridgehead atoms. The second-order valence-corrected chi connectivity index (χ2v) is 6.58. The van der Waals surface area contributed by atoms with Gasteiger partial charge in [0, 0.05) is 16.6 Å². The standard InChI is InChI=1S/C14H20BrNO/c1-14(2,3)10-16(4)9-13(17)11-6-5-7-12(15)8-11/h5-8H,9-10H2,1-4H3. The fraction of sp³-hybridized carbons (Fsp3) is 0.500. The zero-order chi connectivity index (χ0) is 13.1. The van der Waals surface area contributed by atoms with E-state index in [4.69, 9.17) is 0 Å². The van der Waals surface area contributed by atoms with Crippen LogP contribution >= 0.6 is 15.9 Å². The normalized spacial score (nSPS) is 11.9. The maximum Gasteiger partial charge on any atom is 0.176 e. The first kappa shape index (κ1) is 14.4. The minimum atomic E-state index is 0.165. The van der Waals surface area contributed by atoms with E-state index in [2.05, 4.69) is 41.6 Å². The summed E-state index contributed by atoms with van der Waals surface area (Å²) >= 11 is 3.38. The summed E-state index contributed by atoms with van der Waals surface area (Å²) in [7, 11) is 1.99. The van der Waals surface area contributed by atoms with Crippen LogP contribution in [0.25, 0.3) is 0 Å². The lowest BCUT2D eigenvalue weighted by Gasteiger charge is -2.25. The molecule has 0 amide bonds. The number of carbonyl (C=O) groups is 1.